The topological polar surface area (TPSA) is 42.8 Å². The van der Waals surface area contributed by atoms with Crippen LogP contribution in [0.1, 0.15) is 31.7 Å². The molecule has 1 aliphatic heterocycles. The lowest BCUT2D eigenvalue weighted by Crippen LogP contribution is -3.17. The standard InChI is InChI=1S/C17H26N2O2/c1-14(19-12-4-3-5-13-19)17(20)18-11-10-15-6-8-16(21-2)9-7-15/h6-9,14H,3-5,10-13H2,1-2H3,(H,18,20)/p+1/t14-/m0/s1. The van der Waals surface area contributed by atoms with Crippen molar-refractivity contribution in [2.45, 2.75) is 38.6 Å². The van der Waals surface area contributed by atoms with E-state index in [9.17, 15) is 4.79 Å². The molecule has 1 aliphatic rings. The molecule has 0 aliphatic carbocycles. The number of likely N-dealkylation sites (tertiary alicyclic amines) is 1. The zero-order valence-electron chi connectivity index (χ0n) is 13.2. The van der Waals surface area contributed by atoms with Crippen molar-refractivity contribution in [1.82, 2.24) is 5.32 Å². The lowest BCUT2D eigenvalue weighted by molar-refractivity contribution is -0.918. The van der Waals surface area contributed by atoms with Gasteiger partial charge in [0, 0.05) is 6.54 Å². The number of methoxy groups -OCH3 is 1. The Morgan fingerprint density at radius 2 is 1.90 bits per heavy atom. The van der Waals surface area contributed by atoms with Gasteiger partial charge < -0.3 is 15.0 Å². The van der Waals surface area contributed by atoms with E-state index >= 15 is 0 Å². The van der Waals surface area contributed by atoms with Crippen molar-refractivity contribution in [1.29, 1.82) is 0 Å². The summed E-state index contributed by atoms with van der Waals surface area (Å²) in [5.41, 5.74) is 1.22. The Kier molecular flexibility index (Phi) is 6.05. The molecular weight excluding hydrogens is 264 g/mol. The normalized spacial score (nSPS) is 17.2. The fourth-order valence-corrected chi connectivity index (χ4v) is 2.90. The Morgan fingerprint density at radius 3 is 2.52 bits per heavy atom. The van der Waals surface area contributed by atoms with Crippen molar-refractivity contribution in [3.05, 3.63) is 29.8 Å². The highest BCUT2D eigenvalue weighted by Crippen LogP contribution is 2.11. The van der Waals surface area contributed by atoms with Gasteiger partial charge in [0.1, 0.15) is 5.75 Å². The number of carbonyl (C=O) groups excluding carboxylic acids is 1. The fourth-order valence-electron chi connectivity index (χ4n) is 2.90. The number of amides is 1. The first kappa shape index (κ1) is 15.8. The summed E-state index contributed by atoms with van der Waals surface area (Å²) < 4.78 is 5.14. The molecule has 1 fully saturated rings. The predicted octanol–water partition coefficient (Wildman–Crippen LogP) is 0.811. The van der Waals surface area contributed by atoms with Crippen LogP contribution in [-0.4, -0.2) is 38.7 Å². The smallest absolute Gasteiger partial charge is 0.278 e. The first-order chi connectivity index (χ1) is 10.2. The number of hydrogen-bond acceptors (Lipinski definition) is 2. The van der Waals surface area contributed by atoms with Gasteiger partial charge in [-0.15, -0.1) is 0 Å². The zero-order valence-corrected chi connectivity index (χ0v) is 13.2. The summed E-state index contributed by atoms with van der Waals surface area (Å²) in [6.45, 7) is 5.01. The quantitative estimate of drug-likeness (QED) is 0.814. The number of nitrogens with one attached hydrogen (secondary N) is 2. The number of quaternary nitrogens is 1. The van der Waals surface area contributed by atoms with Gasteiger partial charge in [-0.1, -0.05) is 12.1 Å². The number of carbonyl (C=O) groups is 1. The minimum Gasteiger partial charge on any atom is -0.497 e. The average Bonchev–Trinajstić information content (AvgIpc) is 2.55. The molecule has 1 aromatic carbocycles. The van der Waals surface area contributed by atoms with E-state index in [2.05, 4.69) is 5.32 Å². The molecule has 4 nitrogen and oxygen atoms in total. The van der Waals surface area contributed by atoms with Gasteiger partial charge in [-0.2, -0.15) is 0 Å². The molecule has 1 atom stereocenters. The molecule has 0 bridgehead atoms. The van der Waals surface area contributed by atoms with Crippen LogP contribution in [0.3, 0.4) is 0 Å². The molecule has 4 heteroatoms. The monoisotopic (exact) mass is 291 g/mol. The molecule has 21 heavy (non-hydrogen) atoms. The van der Waals surface area contributed by atoms with E-state index in [0.29, 0.717) is 6.54 Å². The van der Waals surface area contributed by atoms with Crippen molar-refractivity contribution in [3.63, 3.8) is 0 Å². The summed E-state index contributed by atoms with van der Waals surface area (Å²) in [6.07, 6.45) is 4.67. The van der Waals surface area contributed by atoms with Crippen LogP contribution in [0.4, 0.5) is 0 Å². The van der Waals surface area contributed by atoms with Crippen molar-refractivity contribution in [2.24, 2.45) is 0 Å². The van der Waals surface area contributed by atoms with Gasteiger partial charge in [0.15, 0.2) is 6.04 Å². The van der Waals surface area contributed by atoms with E-state index < -0.39 is 0 Å². The number of benzene rings is 1. The molecule has 1 heterocycles. The zero-order chi connectivity index (χ0) is 15.1. The number of hydrogen-bond donors (Lipinski definition) is 2. The van der Waals surface area contributed by atoms with Crippen LogP contribution in [-0.2, 0) is 11.2 Å². The second-order valence-corrected chi connectivity index (χ2v) is 5.83. The van der Waals surface area contributed by atoms with E-state index in [1.54, 1.807) is 7.11 Å². The van der Waals surface area contributed by atoms with E-state index in [-0.39, 0.29) is 11.9 Å². The van der Waals surface area contributed by atoms with Crippen LogP contribution in [0.25, 0.3) is 0 Å². The second kappa shape index (κ2) is 8.03. The Bertz CT molecular complexity index is 439. The fraction of sp³-hybridized carbons (Fsp3) is 0.588. The van der Waals surface area contributed by atoms with Crippen LogP contribution in [0.15, 0.2) is 24.3 Å². The Balaban J connectivity index is 1.72. The summed E-state index contributed by atoms with van der Waals surface area (Å²) in [4.78, 5) is 13.6. The van der Waals surface area contributed by atoms with E-state index in [1.165, 1.54) is 29.7 Å². The minimum atomic E-state index is 0.0705. The molecule has 116 valence electrons. The summed E-state index contributed by atoms with van der Waals surface area (Å²) in [5.74, 6) is 1.05. The van der Waals surface area contributed by atoms with Gasteiger partial charge in [0.2, 0.25) is 0 Å². The van der Waals surface area contributed by atoms with Crippen molar-refractivity contribution < 1.29 is 14.4 Å². The van der Waals surface area contributed by atoms with Crippen molar-refractivity contribution in [3.8, 4) is 5.75 Å². The number of ether oxygens (including phenoxy) is 1. The molecule has 0 radical (unpaired) electrons. The molecule has 0 unspecified atom stereocenters. The Labute approximate surface area is 127 Å². The first-order valence-corrected chi connectivity index (χ1v) is 7.96. The molecule has 0 aromatic heterocycles. The van der Waals surface area contributed by atoms with Crippen LogP contribution in [0.5, 0.6) is 5.75 Å². The predicted molar refractivity (Wildman–Crippen MR) is 83.7 cm³/mol. The lowest BCUT2D eigenvalue weighted by atomic mass is 10.1. The molecular formula is C17H27N2O2+. The average molecular weight is 291 g/mol. The van der Waals surface area contributed by atoms with Crippen LogP contribution in [0, 0.1) is 0 Å². The Morgan fingerprint density at radius 1 is 1.24 bits per heavy atom. The summed E-state index contributed by atoms with van der Waals surface area (Å²) in [7, 11) is 1.67. The molecule has 1 amide bonds. The highest BCUT2D eigenvalue weighted by Gasteiger charge is 2.25. The Hall–Kier alpha value is -1.55. The van der Waals surface area contributed by atoms with E-state index in [1.807, 2.05) is 31.2 Å². The maximum absolute atomic E-state index is 12.2. The summed E-state index contributed by atoms with van der Waals surface area (Å²) >= 11 is 0. The highest BCUT2D eigenvalue weighted by molar-refractivity contribution is 5.79. The molecule has 1 aromatic rings. The largest absolute Gasteiger partial charge is 0.497 e. The molecule has 1 saturated heterocycles. The third-order valence-electron chi connectivity index (χ3n) is 4.37. The number of rotatable bonds is 6. The number of piperidine rings is 1. The molecule has 2 rings (SSSR count). The van der Waals surface area contributed by atoms with Gasteiger partial charge in [0.25, 0.3) is 5.91 Å². The van der Waals surface area contributed by atoms with Crippen LogP contribution < -0.4 is 15.0 Å². The maximum Gasteiger partial charge on any atom is 0.278 e. The SMILES string of the molecule is COc1ccc(CCNC(=O)[C@H](C)[NH+]2CCCCC2)cc1. The van der Waals surface area contributed by atoms with Gasteiger partial charge in [-0.05, 0) is 50.3 Å². The van der Waals surface area contributed by atoms with Crippen molar-refractivity contribution >= 4 is 5.91 Å². The highest BCUT2D eigenvalue weighted by atomic mass is 16.5. The van der Waals surface area contributed by atoms with E-state index in [0.717, 1.165) is 25.3 Å². The first-order valence-electron chi connectivity index (χ1n) is 7.96. The maximum atomic E-state index is 12.2. The van der Waals surface area contributed by atoms with Gasteiger partial charge >= 0.3 is 0 Å². The van der Waals surface area contributed by atoms with Gasteiger partial charge in [-0.25, -0.2) is 0 Å². The summed E-state index contributed by atoms with van der Waals surface area (Å²) in [5, 5.41) is 3.07. The summed E-state index contributed by atoms with van der Waals surface area (Å²) in [6, 6.07) is 8.07. The van der Waals surface area contributed by atoms with Gasteiger partial charge in [0.05, 0.1) is 20.2 Å². The molecule has 2 N–H and O–H groups in total. The third kappa shape index (κ3) is 4.74. The molecule has 0 spiro atoms. The molecule has 0 saturated carbocycles. The van der Waals surface area contributed by atoms with E-state index in [4.69, 9.17) is 4.74 Å². The minimum absolute atomic E-state index is 0.0705. The van der Waals surface area contributed by atoms with Crippen LogP contribution >= 0.6 is 0 Å². The van der Waals surface area contributed by atoms with Gasteiger partial charge in [-0.3, -0.25) is 4.79 Å². The van der Waals surface area contributed by atoms with Crippen LogP contribution in [0.2, 0.25) is 0 Å². The second-order valence-electron chi connectivity index (χ2n) is 5.83. The third-order valence-corrected chi connectivity index (χ3v) is 4.37. The lowest BCUT2D eigenvalue weighted by Gasteiger charge is -2.28. The van der Waals surface area contributed by atoms with Crippen molar-refractivity contribution in [2.75, 3.05) is 26.7 Å².